The van der Waals surface area contributed by atoms with E-state index in [1.807, 2.05) is 0 Å². The Hall–Kier alpha value is -7.42. The first-order chi connectivity index (χ1) is 28.6. The van der Waals surface area contributed by atoms with Gasteiger partial charge in [-0.15, -0.1) is 0 Å². The number of hydrogen-bond acceptors (Lipinski definition) is 0. The van der Waals surface area contributed by atoms with Crippen LogP contribution in [0.3, 0.4) is 0 Å². The highest BCUT2D eigenvalue weighted by Gasteiger charge is 2.19. The van der Waals surface area contributed by atoms with Crippen molar-refractivity contribution < 1.29 is 0 Å². The van der Waals surface area contributed by atoms with E-state index in [9.17, 15) is 0 Å². The normalized spacial score (nSPS) is 11.6. The van der Waals surface area contributed by atoms with Crippen molar-refractivity contribution in [2.45, 2.75) is 13.8 Å². The van der Waals surface area contributed by atoms with E-state index in [1.165, 1.54) is 105 Å². The van der Waals surface area contributed by atoms with E-state index >= 15 is 0 Å². The van der Waals surface area contributed by atoms with Gasteiger partial charge in [0, 0.05) is 32.9 Å². The predicted octanol–water partition coefficient (Wildman–Crippen LogP) is 15.2. The lowest BCUT2D eigenvalue weighted by Gasteiger charge is -2.19. The highest BCUT2D eigenvalue weighted by molar-refractivity contribution is 6.13. The number of aryl methyl sites for hydroxylation is 1. The molecular weight excluding hydrogens is 701 g/mol. The molecule has 274 valence electrons. The lowest BCUT2D eigenvalue weighted by Crippen LogP contribution is -1.99. The molecule has 0 unspecified atom stereocenters. The monoisotopic (exact) mass is 740 g/mol. The Kier molecular flexibility index (Phi) is 7.97. The van der Waals surface area contributed by atoms with Gasteiger partial charge >= 0.3 is 0 Å². The Morgan fingerprint density at radius 2 is 0.724 bits per heavy atom. The summed E-state index contributed by atoms with van der Waals surface area (Å²) in [5.74, 6) is 0. The summed E-state index contributed by atoms with van der Waals surface area (Å²) < 4.78 is 4.85. The summed E-state index contributed by atoms with van der Waals surface area (Å²) in [6.07, 6.45) is 0. The summed E-state index contributed by atoms with van der Waals surface area (Å²) in [4.78, 5) is 0. The van der Waals surface area contributed by atoms with E-state index in [0.717, 1.165) is 5.69 Å². The van der Waals surface area contributed by atoms with Gasteiger partial charge in [0.2, 0.25) is 0 Å². The summed E-state index contributed by atoms with van der Waals surface area (Å²) in [7, 11) is 0. The van der Waals surface area contributed by atoms with Crippen LogP contribution >= 0.6 is 0 Å². The van der Waals surface area contributed by atoms with Crippen molar-refractivity contribution in [3.05, 3.63) is 217 Å². The summed E-state index contributed by atoms with van der Waals surface area (Å²) in [6.45, 7) is 4.49. The minimum Gasteiger partial charge on any atom is -0.309 e. The molecule has 11 aromatic rings. The fourth-order valence-electron chi connectivity index (χ4n) is 9.19. The molecule has 0 aliphatic heterocycles. The lowest BCUT2D eigenvalue weighted by atomic mass is 9.89. The Morgan fingerprint density at radius 3 is 1.34 bits per heavy atom. The third-order valence-electron chi connectivity index (χ3n) is 12.1. The fraction of sp³-hybridized carbons (Fsp3) is 0.0357. The second-order valence-corrected chi connectivity index (χ2v) is 15.4. The molecule has 0 atom stereocenters. The van der Waals surface area contributed by atoms with Gasteiger partial charge < -0.3 is 9.13 Å². The molecule has 2 heteroatoms. The van der Waals surface area contributed by atoms with Gasteiger partial charge in [0.1, 0.15) is 0 Å². The van der Waals surface area contributed by atoms with Gasteiger partial charge in [0.15, 0.2) is 0 Å². The molecule has 0 aliphatic rings. The van der Waals surface area contributed by atoms with Crippen molar-refractivity contribution in [1.29, 1.82) is 0 Å². The topological polar surface area (TPSA) is 9.86 Å². The van der Waals surface area contributed by atoms with Gasteiger partial charge in [-0.25, -0.2) is 0 Å². The quantitative estimate of drug-likeness (QED) is 0.161. The maximum Gasteiger partial charge on any atom is 0.0541 e. The third kappa shape index (κ3) is 5.49. The van der Waals surface area contributed by atoms with Crippen LogP contribution in [0.15, 0.2) is 206 Å². The second kappa shape index (κ2) is 13.7. The highest BCUT2D eigenvalue weighted by Crippen LogP contribution is 2.41. The zero-order chi connectivity index (χ0) is 38.7. The molecule has 9 aromatic carbocycles. The molecule has 2 nitrogen and oxygen atoms in total. The highest BCUT2D eigenvalue weighted by atomic mass is 15.0. The number of aromatic nitrogens is 2. The Morgan fingerprint density at radius 1 is 0.276 bits per heavy atom. The van der Waals surface area contributed by atoms with Crippen molar-refractivity contribution in [3.8, 4) is 55.9 Å². The number of nitrogens with zero attached hydrogens (tertiary/aromatic N) is 2. The molecular formula is C56H40N2. The molecule has 0 saturated heterocycles. The number of para-hydroxylation sites is 3. The molecule has 2 heterocycles. The van der Waals surface area contributed by atoms with Crippen molar-refractivity contribution in [1.82, 2.24) is 9.13 Å². The van der Waals surface area contributed by atoms with Gasteiger partial charge in [0.05, 0.1) is 22.1 Å². The first kappa shape index (κ1) is 33.9. The summed E-state index contributed by atoms with van der Waals surface area (Å²) in [5, 5.41) is 5.00. The zero-order valence-corrected chi connectivity index (χ0v) is 32.5. The Labute approximate surface area is 338 Å². The smallest absolute Gasteiger partial charge is 0.0541 e. The molecule has 0 saturated carbocycles. The van der Waals surface area contributed by atoms with Crippen LogP contribution in [-0.4, -0.2) is 9.13 Å². The number of fused-ring (bicyclic) bond motifs is 6. The van der Waals surface area contributed by atoms with Gasteiger partial charge in [-0.2, -0.15) is 0 Å². The van der Waals surface area contributed by atoms with Crippen LogP contribution < -0.4 is 0 Å². The molecule has 58 heavy (non-hydrogen) atoms. The minimum absolute atomic E-state index is 1.15. The lowest BCUT2D eigenvalue weighted by molar-refractivity contribution is 1.17. The average Bonchev–Trinajstić information content (AvgIpc) is 3.80. The predicted molar refractivity (Wildman–Crippen MR) is 246 cm³/mol. The zero-order valence-electron chi connectivity index (χ0n) is 32.5. The van der Waals surface area contributed by atoms with Crippen LogP contribution in [0, 0.1) is 13.8 Å². The van der Waals surface area contributed by atoms with Crippen molar-refractivity contribution in [2.24, 2.45) is 0 Å². The molecule has 11 rings (SSSR count). The summed E-state index contributed by atoms with van der Waals surface area (Å²) in [6, 6.07) is 75.5. The van der Waals surface area contributed by atoms with E-state index < -0.39 is 0 Å². The summed E-state index contributed by atoms with van der Waals surface area (Å²) in [5.41, 5.74) is 19.5. The van der Waals surface area contributed by atoms with E-state index in [2.05, 4.69) is 229 Å². The maximum absolute atomic E-state index is 2.47. The number of hydrogen-bond donors (Lipinski definition) is 0. The molecule has 0 spiro atoms. The van der Waals surface area contributed by atoms with Gasteiger partial charge in [-0.05, 0) is 130 Å². The number of rotatable bonds is 6. The molecule has 0 amide bonds. The van der Waals surface area contributed by atoms with Crippen LogP contribution in [0.4, 0.5) is 0 Å². The van der Waals surface area contributed by atoms with Gasteiger partial charge in [-0.1, -0.05) is 146 Å². The molecule has 2 aromatic heterocycles. The minimum atomic E-state index is 1.15. The molecule has 0 bridgehead atoms. The van der Waals surface area contributed by atoms with E-state index in [-0.39, 0.29) is 0 Å². The van der Waals surface area contributed by atoms with E-state index in [1.54, 1.807) is 0 Å². The number of benzene rings is 9. The summed E-state index contributed by atoms with van der Waals surface area (Å²) >= 11 is 0. The maximum atomic E-state index is 2.47. The fourth-order valence-corrected chi connectivity index (χ4v) is 9.19. The van der Waals surface area contributed by atoms with Crippen LogP contribution in [0.5, 0.6) is 0 Å². The molecule has 0 aliphatic carbocycles. The van der Waals surface area contributed by atoms with Crippen molar-refractivity contribution in [2.75, 3.05) is 0 Å². The van der Waals surface area contributed by atoms with Crippen LogP contribution in [0.25, 0.3) is 99.5 Å². The first-order valence-electron chi connectivity index (χ1n) is 20.1. The van der Waals surface area contributed by atoms with E-state index in [0.29, 0.717) is 0 Å². The van der Waals surface area contributed by atoms with Crippen LogP contribution in [0.2, 0.25) is 0 Å². The Balaban J connectivity index is 1.09. The van der Waals surface area contributed by atoms with Crippen LogP contribution in [-0.2, 0) is 0 Å². The first-order valence-corrected chi connectivity index (χ1v) is 20.1. The largest absolute Gasteiger partial charge is 0.309 e. The van der Waals surface area contributed by atoms with Crippen molar-refractivity contribution in [3.63, 3.8) is 0 Å². The Bertz CT molecular complexity index is 3330. The van der Waals surface area contributed by atoms with Crippen molar-refractivity contribution >= 4 is 43.6 Å². The van der Waals surface area contributed by atoms with Crippen LogP contribution in [0.1, 0.15) is 11.1 Å². The average molecular weight is 741 g/mol. The van der Waals surface area contributed by atoms with Gasteiger partial charge in [0.25, 0.3) is 0 Å². The SMILES string of the molecule is Cc1ccccc1-c1cc(-n2c3ccccc3c3cc(-c4ccc5c(c4)c4ccccc4n5-c4ccccc4)ccc32)cc(-c2ccc(-c3ccccc3)cc2)c1C. The van der Waals surface area contributed by atoms with Gasteiger partial charge in [-0.3, -0.25) is 0 Å². The molecule has 0 radical (unpaired) electrons. The molecule has 0 fully saturated rings. The third-order valence-corrected chi connectivity index (χ3v) is 12.1. The second-order valence-electron chi connectivity index (χ2n) is 15.4. The standard InChI is InChI=1S/C56H40N2/c1-37-15-9-10-20-46(37)50-36-45(35-49(38(50)2)41-27-25-40(26-28-41)39-16-5-3-6-17-39)58-54-24-14-12-22-48(54)52-34-43(30-32-56(52)58)42-29-31-55-51(33-42)47-21-11-13-23-53(47)57(55)44-18-7-4-8-19-44/h3-36H,1-2H3. The van der Waals surface area contributed by atoms with E-state index in [4.69, 9.17) is 0 Å². The molecule has 0 N–H and O–H groups in total.